The average molecular weight is 419 g/mol. The Morgan fingerprint density at radius 2 is 2.10 bits per heavy atom. The number of H-pyrrole nitrogens is 1. The molecular weight excluding hydrogens is 391 g/mol. The van der Waals surface area contributed by atoms with E-state index in [-0.39, 0.29) is 17.2 Å². The molecule has 1 N–H and O–H groups in total. The molecule has 3 aliphatic rings. The number of fused-ring (bicyclic) bond motifs is 4. The minimum Gasteiger partial charge on any atom is -0.497 e. The van der Waals surface area contributed by atoms with E-state index >= 15 is 0 Å². The van der Waals surface area contributed by atoms with Gasteiger partial charge in [-0.15, -0.1) is 0 Å². The van der Waals surface area contributed by atoms with Crippen LogP contribution in [0.4, 0.5) is 4.39 Å². The molecule has 3 aromatic rings. The summed E-state index contributed by atoms with van der Waals surface area (Å²) in [5, 5.41) is 0.986. The second kappa shape index (κ2) is 6.84. The summed E-state index contributed by atoms with van der Waals surface area (Å²) < 4.78 is 19.6. The molecule has 0 spiro atoms. The van der Waals surface area contributed by atoms with Crippen molar-refractivity contribution in [2.24, 2.45) is 11.8 Å². The van der Waals surface area contributed by atoms with Crippen LogP contribution in [0.1, 0.15) is 36.1 Å². The van der Waals surface area contributed by atoms with E-state index in [1.165, 1.54) is 22.9 Å². The Bertz CT molecular complexity index is 1180. The fourth-order valence-corrected chi connectivity index (χ4v) is 5.99. The maximum Gasteiger partial charge on any atom is 0.225 e. The van der Waals surface area contributed by atoms with Crippen LogP contribution in [-0.2, 0) is 23.1 Å². The summed E-state index contributed by atoms with van der Waals surface area (Å²) in [4.78, 5) is 18.6. The number of amides is 1. The third kappa shape index (κ3) is 2.97. The van der Waals surface area contributed by atoms with Gasteiger partial charge in [0.2, 0.25) is 5.91 Å². The molecule has 5 heteroatoms. The molecule has 1 aliphatic heterocycles. The highest BCUT2D eigenvalue weighted by Crippen LogP contribution is 2.50. The van der Waals surface area contributed by atoms with E-state index in [1.54, 1.807) is 13.2 Å². The lowest BCUT2D eigenvalue weighted by atomic mass is 9.58. The maximum absolute atomic E-state index is 14.0. The predicted octanol–water partition coefficient (Wildman–Crippen LogP) is 4.61. The van der Waals surface area contributed by atoms with Crippen LogP contribution in [0.2, 0.25) is 0 Å². The number of piperidine rings is 1. The fraction of sp³-hybridized carbons (Fsp3) is 0.423. The standard InChI is InChI=1S/C26H27FN2O2/c1-31-20-4-2-3-17(11-20)26-9-10-29(25(30)16-5-6-16)15-18(26)12-21-22-13-19(27)7-8-23(22)28-24(21)14-26/h2-4,7-8,11,13,16,18,28H,5-6,9-10,12,14-15H2,1H3. The van der Waals surface area contributed by atoms with Gasteiger partial charge in [0.15, 0.2) is 0 Å². The molecule has 2 fully saturated rings. The van der Waals surface area contributed by atoms with Crippen LogP contribution in [0.5, 0.6) is 5.75 Å². The summed E-state index contributed by atoms with van der Waals surface area (Å²) in [5.41, 5.74) is 4.66. The van der Waals surface area contributed by atoms with Gasteiger partial charge in [0, 0.05) is 41.0 Å². The highest BCUT2D eigenvalue weighted by atomic mass is 19.1. The van der Waals surface area contributed by atoms with Crippen molar-refractivity contribution < 1.29 is 13.9 Å². The molecule has 6 rings (SSSR count). The molecule has 31 heavy (non-hydrogen) atoms. The van der Waals surface area contributed by atoms with Crippen LogP contribution >= 0.6 is 0 Å². The van der Waals surface area contributed by atoms with Gasteiger partial charge in [0.1, 0.15) is 11.6 Å². The van der Waals surface area contributed by atoms with Crippen LogP contribution in [0, 0.1) is 17.7 Å². The van der Waals surface area contributed by atoms with E-state index in [2.05, 4.69) is 28.1 Å². The minimum atomic E-state index is -0.201. The van der Waals surface area contributed by atoms with Crippen LogP contribution in [0.3, 0.4) is 0 Å². The van der Waals surface area contributed by atoms with Gasteiger partial charge in [0.05, 0.1) is 7.11 Å². The van der Waals surface area contributed by atoms with E-state index in [0.29, 0.717) is 11.8 Å². The highest BCUT2D eigenvalue weighted by Gasteiger charge is 2.50. The summed E-state index contributed by atoms with van der Waals surface area (Å²) >= 11 is 0. The second-order valence-electron chi connectivity index (χ2n) is 9.55. The first-order chi connectivity index (χ1) is 15.1. The fourth-order valence-electron chi connectivity index (χ4n) is 5.99. The molecule has 2 aromatic carbocycles. The van der Waals surface area contributed by atoms with Gasteiger partial charge in [-0.1, -0.05) is 12.1 Å². The number of aromatic amines is 1. The highest BCUT2D eigenvalue weighted by molar-refractivity contribution is 5.85. The monoisotopic (exact) mass is 418 g/mol. The number of carbonyl (C=O) groups is 1. The van der Waals surface area contributed by atoms with Crippen LogP contribution in [0.25, 0.3) is 10.9 Å². The number of halogens is 1. The summed E-state index contributed by atoms with van der Waals surface area (Å²) in [6.45, 7) is 1.57. The van der Waals surface area contributed by atoms with Crippen molar-refractivity contribution in [2.75, 3.05) is 20.2 Å². The van der Waals surface area contributed by atoms with Crippen LogP contribution in [-0.4, -0.2) is 36.0 Å². The maximum atomic E-state index is 14.0. The number of methoxy groups -OCH3 is 1. The second-order valence-corrected chi connectivity index (χ2v) is 9.55. The van der Waals surface area contributed by atoms with E-state index < -0.39 is 0 Å². The Morgan fingerprint density at radius 3 is 2.90 bits per heavy atom. The Labute approximate surface area is 181 Å². The zero-order valence-corrected chi connectivity index (χ0v) is 17.8. The molecule has 1 saturated carbocycles. The van der Waals surface area contributed by atoms with Gasteiger partial charge in [0.25, 0.3) is 0 Å². The summed E-state index contributed by atoms with van der Waals surface area (Å²) in [6, 6.07) is 13.4. The number of likely N-dealkylation sites (tertiary alicyclic amines) is 1. The van der Waals surface area contributed by atoms with Gasteiger partial charge in [-0.3, -0.25) is 4.79 Å². The topological polar surface area (TPSA) is 45.3 Å². The Hall–Kier alpha value is -2.82. The summed E-state index contributed by atoms with van der Waals surface area (Å²) in [7, 11) is 1.70. The van der Waals surface area contributed by atoms with E-state index in [0.717, 1.165) is 61.8 Å². The van der Waals surface area contributed by atoms with Crippen molar-refractivity contribution in [2.45, 2.75) is 37.5 Å². The van der Waals surface area contributed by atoms with E-state index in [1.807, 2.05) is 12.1 Å². The molecule has 1 amide bonds. The molecule has 2 heterocycles. The normalized spacial score (nSPS) is 25.2. The molecule has 4 nitrogen and oxygen atoms in total. The lowest BCUT2D eigenvalue weighted by molar-refractivity contribution is -0.135. The van der Waals surface area contributed by atoms with Gasteiger partial charge in [-0.25, -0.2) is 4.39 Å². The number of nitrogens with zero attached hydrogens (tertiary/aromatic N) is 1. The number of nitrogens with one attached hydrogen (secondary N) is 1. The number of rotatable bonds is 3. The third-order valence-corrected chi connectivity index (χ3v) is 7.83. The predicted molar refractivity (Wildman–Crippen MR) is 118 cm³/mol. The van der Waals surface area contributed by atoms with Crippen LogP contribution < -0.4 is 4.74 Å². The Kier molecular flexibility index (Phi) is 4.17. The average Bonchev–Trinajstić information content (AvgIpc) is 3.59. The van der Waals surface area contributed by atoms with Gasteiger partial charge < -0.3 is 14.6 Å². The van der Waals surface area contributed by atoms with Crippen molar-refractivity contribution in [3.8, 4) is 5.75 Å². The lowest BCUT2D eigenvalue weighted by Gasteiger charge is -2.51. The Morgan fingerprint density at radius 1 is 1.23 bits per heavy atom. The first kappa shape index (κ1) is 18.9. The van der Waals surface area contributed by atoms with Gasteiger partial charge in [-0.2, -0.15) is 0 Å². The molecule has 160 valence electrons. The van der Waals surface area contributed by atoms with Gasteiger partial charge in [-0.05, 0) is 79.5 Å². The van der Waals surface area contributed by atoms with Crippen molar-refractivity contribution in [3.05, 3.63) is 65.1 Å². The SMILES string of the molecule is COc1cccc(C23CCN(C(=O)C4CC4)CC2Cc2c([nH]c4ccc(F)cc24)C3)c1. The summed E-state index contributed by atoms with van der Waals surface area (Å²) in [5.74, 6) is 1.53. The molecule has 0 radical (unpaired) electrons. The molecule has 2 atom stereocenters. The zero-order chi connectivity index (χ0) is 21.2. The lowest BCUT2D eigenvalue weighted by Crippen LogP contribution is -2.55. The molecular formula is C26H27FN2O2. The summed E-state index contributed by atoms with van der Waals surface area (Å²) in [6.07, 6.45) is 4.73. The number of ether oxygens (including phenoxy) is 1. The zero-order valence-electron chi connectivity index (χ0n) is 17.8. The van der Waals surface area contributed by atoms with Crippen molar-refractivity contribution >= 4 is 16.8 Å². The van der Waals surface area contributed by atoms with Crippen LogP contribution in [0.15, 0.2) is 42.5 Å². The Balaban J connectivity index is 1.46. The molecule has 0 bridgehead atoms. The number of aromatic nitrogens is 1. The van der Waals surface area contributed by atoms with E-state index in [4.69, 9.17) is 4.74 Å². The molecule has 2 unspecified atom stereocenters. The number of hydrogen-bond acceptors (Lipinski definition) is 2. The van der Waals surface area contributed by atoms with Gasteiger partial charge >= 0.3 is 0 Å². The van der Waals surface area contributed by atoms with Crippen molar-refractivity contribution in [3.63, 3.8) is 0 Å². The first-order valence-electron chi connectivity index (χ1n) is 11.3. The number of carbonyl (C=O) groups excluding carboxylic acids is 1. The minimum absolute atomic E-state index is 0.0543. The smallest absolute Gasteiger partial charge is 0.225 e. The quantitative estimate of drug-likeness (QED) is 0.675. The first-order valence-corrected chi connectivity index (χ1v) is 11.3. The molecule has 1 aromatic heterocycles. The van der Waals surface area contributed by atoms with Crippen molar-refractivity contribution in [1.82, 2.24) is 9.88 Å². The number of benzene rings is 2. The van der Waals surface area contributed by atoms with Crippen molar-refractivity contribution in [1.29, 1.82) is 0 Å². The number of hydrogen-bond donors (Lipinski definition) is 1. The van der Waals surface area contributed by atoms with E-state index in [9.17, 15) is 9.18 Å². The molecule has 2 aliphatic carbocycles. The largest absolute Gasteiger partial charge is 0.497 e. The third-order valence-electron chi connectivity index (χ3n) is 7.83. The molecule has 1 saturated heterocycles.